The Hall–Kier alpha value is -1.43. The third kappa shape index (κ3) is 4.31. The SMILES string of the molecule is CCN(CCC(=O)OC)C(=O)c1ccc(Br)c(F)c1. The first-order valence-corrected chi connectivity index (χ1v) is 6.60. The number of benzene rings is 1. The van der Waals surface area contributed by atoms with Gasteiger partial charge in [-0.1, -0.05) is 0 Å². The highest BCUT2D eigenvalue weighted by molar-refractivity contribution is 9.10. The molecule has 1 aromatic rings. The van der Waals surface area contributed by atoms with Crippen molar-refractivity contribution in [3.63, 3.8) is 0 Å². The monoisotopic (exact) mass is 331 g/mol. The van der Waals surface area contributed by atoms with E-state index in [1.807, 2.05) is 0 Å². The van der Waals surface area contributed by atoms with Crippen molar-refractivity contribution < 1.29 is 18.7 Å². The van der Waals surface area contributed by atoms with Gasteiger partial charge in [0.2, 0.25) is 0 Å². The largest absolute Gasteiger partial charge is 0.469 e. The van der Waals surface area contributed by atoms with Gasteiger partial charge in [-0.05, 0) is 41.1 Å². The molecular weight excluding hydrogens is 317 g/mol. The summed E-state index contributed by atoms with van der Waals surface area (Å²) in [5, 5.41) is 0. The maximum absolute atomic E-state index is 13.4. The molecule has 0 saturated heterocycles. The molecule has 0 aliphatic rings. The molecule has 1 rings (SSSR count). The topological polar surface area (TPSA) is 46.6 Å². The van der Waals surface area contributed by atoms with E-state index < -0.39 is 5.82 Å². The number of esters is 1. The fourth-order valence-electron chi connectivity index (χ4n) is 1.54. The van der Waals surface area contributed by atoms with E-state index in [4.69, 9.17) is 0 Å². The Bertz CT molecular complexity index is 479. The zero-order chi connectivity index (χ0) is 14.4. The molecule has 0 fully saturated rings. The minimum absolute atomic E-state index is 0.120. The number of carbonyl (C=O) groups is 2. The van der Waals surface area contributed by atoms with Crippen molar-refractivity contribution in [2.24, 2.45) is 0 Å². The van der Waals surface area contributed by atoms with Gasteiger partial charge in [-0.25, -0.2) is 4.39 Å². The first-order chi connectivity index (χ1) is 8.99. The Morgan fingerprint density at radius 2 is 2.11 bits per heavy atom. The number of nitrogens with zero attached hydrogens (tertiary/aromatic N) is 1. The molecular formula is C13H15BrFNO3. The van der Waals surface area contributed by atoms with Crippen molar-refractivity contribution in [3.05, 3.63) is 34.1 Å². The predicted molar refractivity (Wildman–Crippen MR) is 72.3 cm³/mol. The molecule has 19 heavy (non-hydrogen) atoms. The molecule has 0 radical (unpaired) electrons. The van der Waals surface area contributed by atoms with Crippen LogP contribution in [-0.2, 0) is 9.53 Å². The molecule has 0 N–H and O–H groups in total. The summed E-state index contributed by atoms with van der Waals surface area (Å²) in [4.78, 5) is 24.7. The summed E-state index contributed by atoms with van der Waals surface area (Å²) < 4.78 is 18.2. The maximum Gasteiger partial charge on any atom is 0.307 e. The fraction of sp³-hybridized carbons (Fsp3) is 0.385. The summed E-state index contributed by atoms with van der Waals surface area (Å²) in [6.45, 7) is 2.48. The molecule has 6 heteroatoms. The summed E-state index contributed by atoms with van der Waals surface area (Å²) in [5.41, 5.74) is 0.257. The molecule has 0 heterocycles. The van der Waals surface area contributed by atoms with Crippen LogP contribution in [-0.4, -0.2) is 37.0 Å². The second-order valence-electron chi connectivity index (χ2n) is 3.84. The summed E-state index contributed by atoms with van der Waals surface area (Å²) in [6, 6.07) is 4.19. The molecule has 0 aromatic heterocycles. The van der Waals surface area contributed by atoms with Crippen LogP contribution in [0, 0.1) is 5.82 Å². The second kappa shape index (κ2) is 7.23. The van der Waals surface area contributed by atoms with E-state index in [2.05, 4.69) is 20.7 Å². The number of halogens is 2. The lowest BCUT2D eigenvalue weighted by Crippen LogP contribution is -2.33. The van der Waals surface area contributed by atoms with E-state index in [0.717, 1.165) is 0 Å². The van der Waals surface area contributed by atoms with Crippen LogP contribution >= 0.6 is 15.9 Å². The quantitative estimate of drug-likeness (QED) is 0.779. The second-order valence-corrected chi connectivity index (χ2v) is 4.69. The van der Waals surface area contributed by atoms with Crippen LogP contribution in [0.4, 0.5) is 4.39 Å². The molecule has 0 saturated carbocycles. The van der Waals surface area contributed by atoms with Crippen molar-refractivity contribution in [1.82, 2.24) is 4.90 Å². The van der Waals surface area contributed by atoms with Crippen LogP contribution in [0.3, 0.4) is 0 Å². The Kier molecular flexibility index (Phi) is 5.95. The molecule has 104 valence electrons. The van der Waals surface area contributed by atoms with Gasteiger partial charge in [0, 0.05) is 18.7 Å². The van der Waals surface area contributed by atoms with Crippen molar-refractivity contribution >= 4 is 27.8 Å². The van der Waals surface area contributed by atoms with Crippen molar-refractivity contribution in [3.8, 4) is 0 Å². The van der Waals surface area contributed by atoms with Gasteiger partial charge >= 0.3 is 5.97 Å². The molecule has 0 atom stereocenters. The number of methoxy groups -OCH3 is 1. The zero-order valence-electron chi connectivity index (χ0n) is 10.8. The molecule has 0 aliphatic carbocycles. The average Bonchev–Trinajstić information content (AvgIpc) is 2.41. The van der Waals surface area contributed by atoms with Crippen LogP contribution in [0.25, 0.3) is 0 Å². The van der Waals surface area contributed by atoms with Gasteiger partial charge in [-0.3, -0.25) is 9.59 Å². The predicted octanol–water partition coefficient (Wildman–Crippen LogP) is 2.61. The van der Waals surface area contributed by atoms with Crippen LogP contribution < -0.4 is 0 Å². The van der Waals surface area contributed by atoms with Crippen LogP contribution in [0.5, 0.6) is 0 Å². The lowest BCUT2D eigenvalue weighted by atomic mass is 10.2. The smallest absolute Gasteiger partial charge is 0.307 e. The molecule has 1 amide bonds. The Morgan fingerprint density at radius 1 is 1.42 bits per heavy atom. The summed E-state index contributed by atoms with van der Waals surface area (Å²) >= 11 is 3.03. The molecule has 0 aliphatic heterocycles. The lowest BCUT2D eigenvalue weighted by Gasteiger charge is -2.20. The molecule has 0 bridgehead atoms. The van der Waals surface area contributed by atoms with Gasteiger partial charge < -0.3 is 9.64 Å². The molecule has 4 nitrogen and oxygen atoms in total. The number of ether oxygens (including phenoxy) is 1. The number of hydrogen-bond acceptors (Lipinski definition) is 3. The van der Waals surface area contributed by atoms with Crippen molar-refractivity contribution in [2.75, 3.05) is 20.2 Å². The van der Waals surface area contributed by atoms with Gasteiger partial charge in [0.25, 0.3) is 5.91 Å². The maximum atomic E-state index is 13.4. The number of rotatable bonds is 5. The first kappa shape index (κ1) is 15.6. The number of amides is 1. The highest BCUT2D eigenvalue weighted by Gasteiger charge is 2.16. The molecule has 0 spiro atoms. The van der Waals surface area contributed by atoms with E-state index in [9.17, 15) is 14.0 Å². The van der Waals surface area contributed by atoms with E-state index in [1.165, 1.54) is 30.2 Å². The normalized spacial score (nSPS) is 10.1. The highest BCUT2D eigenvalue weighted by Crippen LogP contribution is 2.17. The van der Waals surface area contributed by atoms with Crippen LogP contribution in [0.2, 0.25) is 0 Å². The minimum atomic E-state index is -0.491. The van der Waals surface area contributed by atoms with E-state index >= 15 is 0 Å². The van der Waals surface area contributed by atoms with Crippen LogP contribution in [0.1, 0.15) is 23.7 Å². The standard InChI is InChI=1S/C13H15BrFNO3/c1-3-16(7-6-12(17)19-2)13(18)9-4-5-10(14)11(15)8-9/h4-5,8H,3,6-7H2,1-2H3. The minimum Gasteiger partial charge on any atom is -0.469 e. The molecule has 0 unspecified atom stereocenters. The van der Waals surface area contributed by atoms with Gasteiger partial charge in [-0.2, -0.15) is 0 Å². The summed E-state index contributed by atoms with van der Waals surface area (Å²) in [6.07, 6.45) is 0.120. The Morgan fingerprint density at radius 3 is 2.63 bits per heavy atom. The van der Waals surface area contributed by atoms with Gasteiger partial charge in [0.1, 0.15) is 5.82 Å². The molecule has 1 aromatic carbocycles. The van der Waals surface area contributed by atoms with Crippen molar-refractivity contribution in [2.45, 2.75) is 13.3 Å². The van der Waals surface area contributed by atoms with Crippen LogP contribution in [0.15, 0.2) is 22.7 Å². The summed E-state index contributed by atoms with van der Waals surface area (Å²) in [7, 11) is 1.30. The lowest BCUT2D eigenvalue weighted by molar-refractivity contribution is -0.140. The van der Waals surface area contributed by atoms with Crippen molar-refractivity contribution in [1.29, 1.82) is 0 Å². The van der Waals surface area contributed by atoms with Gasteiger partial charge in [-0.15, -0.1) is 0 Å². The number of hydrogen-bond donors (Lipinski definition) is 0. The van der Waals surface area contributed by atoms with Gasteiger partial charge in [0.15, 0.2) is 0 Å². The first-order valence-electron chi connectivity index (χ1n) is 5.80. The Balaban J connectivity index is 2.77. The third-order valence-corrected chi connectivity index (χ3v) is 3.29. The van der Waals surface area contributed by atoms with Gasteiger partial charge in [0.05, 0.1) is 18.0 Å². The van der Waals surface area contributed by atoms with E-state index in [-0.39, 0.29) is 30.4 Å². The third-order valence-electron chi connectivity index (χ3n) is 2.65. The number of carbonyl (C=O) groups excluding carboxylic acids is 2. The zero-order valence-corrected chi connectivity index (χ0v) is 12.4. The average molecular weight is 332 g/mol. The Labute approximate surface area is 119 Å². The van der Waals surface area contributed by atoms with E-state index in [1.54, 1.807) is 6.92 Å². The summed E-state index contributed by atoms with van der Waals surface area (Å²) in [5.74, 6) is -1.18. The highest BCUT2D eigenvalue weighted by atomic mass is 79.9. The van der Waals surface area contributed by atoms with E-state index in [0.29, 0.717) is 11.0 Å². The fourth-order valence-corrected chi connectivity index (χ4v) is 1.79.